The molecule has 0 radical (unpaired) electrons. The van der Waals surface area contributed by atoms with Gasteiger partial charge in [-0.05, 0) is 60.9 Å². The van der Waals surface area contributed by atoms with E-state index in [1.54, 1.807) is 6.08 Å². The van der Waals surface area contributed by atoms with Crippen molar-refractivity contribution in [3.63, 3.8) is 0 Å². The first-order chi connectivity index (χ1) is 20.0. The molecule has 1 aliphatic rings. The molecule has 1 aromatic heterocycles. The van der Waals surface area contributed by atoms with Crippen molar-refractivity contribution in [1.82, 2.24) is 15.5 Å². The van der Waals surface area contributed by atoms with Gasteiger partial charge in [-0.2, -0.15) is 10.4 Å². The lowest BCUT2D eigenvalue weighted by Crippen LogP contribution is -2.35. The van der Waals surface area contributed by atoms with Crippen molar-refractivity contribution >= 4 is 17.5 Å². The highest BCUT2D eigenvalue weighted by atomic mass is 15.3. The average molecular weight is 548 g/mol. The quantitative estimate of drug-likeness (QED) is 0.245. The molecule has 41 heavy (non-hydrogen) atoms. The molecule has 3 aromatic rings. The fourth-order valence-corrected chi connectivity index (χ4v) is 5.27. The summed E-state index contributed by atoms with van der Waals surface area (Å²) in [5.41, 5.74) is 7.92. The number of rotatable bonds is 11. The minimum absolute atomic E-state index is 0.314. The molecule has 2 aromatic carbocycles. The van der Waals surface area contributed by atoms with Crippen molar-refractivity contribution in [2.24, 2.45) is 5.92 Å². The van der Waals surface area contributed by atoms with E-state index in [0.29, 0.717) is 12.0 Å². The number of terminal acetylenes is 1. The summed E-state index contributed by atoms with van der Waals surface area (Å²) in [6.07, 6.45) is 14.8. The first-order valence-electron chi connectivity index (χ1n) is 14.9. The Balaban J connectivity index is 0.000000322. The molecule has 5 nitrogen and oxygen atoms in total. The van der Waals surface area contributed by atoms with E-state index >= 15 is 0 Å². The van der Waals surface area contributed by atoms with Crippen LogP contribution < -0.4 is 10.2 Å². The Morgan fingerprint density at radius 2 is 2.02 bits per heavy atom. The molecular weight excluding hydrogens is 502 g/mol. The Bertz CT molecular complexity index is 1370. The Hall–Kier alpha value is -4.06. The third kappa shape index (κ3) is 8.23. The zero-order valence-electron chi connectivity index (χ0n) is 25.2. The predicted octanol–water partition coefficient (Wildman–Crippen LogP) is 7.41. The molecule has 0 bridgehead atoms. The van der Waals surface area contributed by atoms with Crippen LogP contribution in [-0.4, -0.2) is 35.9 Å². The van der Waals surface area contributed by atoms with Crippen molar-refractivity contribution in [2.45, 2.75) is 65.8 Å². The smallest absolute Gasteiger partial charge is 0.158 e. The number of hydrogen-bond acceptors (Lipinski definition) is 4. The third-order valence-corrected chi connectivity index (χ3v) is 7.70. The summed E-state index contributed by atoms with van der Waals surface area (Å²) in [7, 11) is 0. The molecule has 0 saturated carbocycles. The molecule has 0 spiro atoms. The summed E-state index contributed by atoms with van der Waals surface area (Å²) in [6.45, 7) is 15.1. The maximum Gasteiger partial charge on any atom is 0.158 e. The molecule has 2 atom stereocenters. The Morgan fingerprint density at radius 1 is 1.24 bits per heavy atom. The normalized spacial score (nSPS) is 15.4. The van der Waals surface area contributed by atoms with Gasteiger partial charge in [0.25, 0.3) is 0 Å². The van der Waals surface area contributed by atoms with Crippen LogP contribution in [0.5, 0.6) is 0 Å². The van der Waals surface area contributed by atoms with Gasteiger partial charge in [-0.1, -0.05) is 88.4 Å². The van der Waals surface area contributed by atoms with Gasteiger partial charge in [-0.15, -0.1) is 12.3 Å². The highest BCUT2D eigenvalue weighted by Gasteiger charge is 2.28. The average Bonchev–Trinajstić information content (AvgIpc) is 3.66. The number of H-pyrrole nitrogens is 1. The predicted molar refractivity (Wildman–Crippen MR) is 174 cm³/mol. The lowest BCUT2D eigenvalue weighted by atomic mass is 9.95. The summed E-state index contributed by atoms with van der Waals surface area (Å²) in [5, 5.41) is 20.5. The summed E-state index contributed by atoms with van der Waals surface area (Å²) in [6, 6.07) is 19.0. The fourth-order valence-electron chi connectivity index (χ4n) is 5.27. The number of aromatic nitrogens is 2. The molecule has 2 unspecified atom stereocenters. The van der Waals surface area contributed by atoms with E-state index in [4.69, 9.17) is 16.8 Å². The van der Waals surface area contributed by atoms with Gasteiger partial charge in [0.15, 0.2) is 5.82 Å². The SMILES string of the molecule is C#CC(CC)CNC1CCN(c2n[nH]c(CCC)c2/C(=C\C)c2ccccc2)C1.C=Cc1ccc(C#N)c(CC)c1. The molecule has 4 rings (SSSR count). The fraction of sp³-hybridized carbons (Fsp3) is 0.389. The van der Waals surface area contributed by atoms with Gasteiger partial charge in [0.05, 0.1) is 11.6 Å². The van der Waals surface area contributed by atoms with Crippen molar-refractivity contribution in [3.8, 4) is 18.4 Å². The molecule has 214 valence electrons. The van der Waals surface area contributed by atoms with Crippen LogP contribution >= 0.6 is 0 Å². The molecule has 1 saturated heterocycles. The summed E-state index contributed by atoms with van der Waals surface area (Å²) in [5.74, 6) is 4.28. The second-order valence-corrected chi connectivity index (χ2v) is 10.4. The van der Waals surface area contributed by atoms with Crippen LogP contribution in [0.25, 0.3) is 11.6 Å². The molecular formula is C36H45N5. The molecule has 0 aliphatic carbocycles. The number of benzene rings is 2. The molecule has 2 N–H and O–H groups in total. The number of nitriles is 1. The minimum atomic E-state index is 0.314. The first-order valence-corrected chi connectivity index (χ1v) is 14.9. The van der Waals surface area contributed by atoms with E-state index in [9.17, 15) is 0 Å². The van der Waals surface area contributed by atoms with E-state index < -0.39 is 0 Å². The monoisotopic (exact) mass is 547 g/mol. The van der Waals surface area contributed by atoms with Crippen LogP contribution in [0.2, 0.25) is 0 Å². The molecule has 0 amide bonds. The van der Waals surface area contributed by atoms with Gasteiger partial charge < -0.3 is 10.2 Å². The van der Waals surface area contributed by atoms with Gasteiger partial charge in [0.1, 0.15) is 0 Å². The van der Waals surface area contributed by atoms with Crippen molar-refractivity contribution in [2.75, 3.05) is 24.5 Å². The second-order valence-electron chi connectivity index (χ2n) is 10.4. The van der Waals surface area contributed by atoms with Crippen molar-refractivity contribution < 1.29 is 0 Å². The topological polar surface area (TPSA) is 67.7 Å². The van der Waals surface area contributed by atoms with Gasteiger partial charge in [0.2, 0.25) is 0 Å². The second kappa shape index (κ2) is 16.3. The lowest BCUT2D eigenvalue weighted by molar-refractivity contribution is 0.491. The first kappa shape index (κ1) is 31.5. The van der Waals surface area contributed by atoms with Crippen LogP contribution in [-0.2, 0) is 12.8 Å². The number of hydrogen-bond donors (Lipinski definition) is 2. The lowest BCUT2D eigenvalue weighted by Gasteiger charge is -2.20. The Labute approximate surface area is 247 Å². The zero-order chi connectivity index (χ0) is 29.6. The summed E-state index contributed by atoms with van der Waals surface area (Å²) in [4.78, 5) is 2.42. The minimum Gasteiger partial charge on any atom is -0.353 e. The highest BCUT2D eigenvalue weighted by molar-refractivity contribution is 5.86. The largest absolute Gasteiger partial charge is 0.353 e. The number of aryl methyl sites for hydroxylation is 2. The van der Waals surface area contributed by atoms with Gasteiger partial charge in [-0.25, -0.2) is 0 Å². The van der Waals surface area contributed by atoms with E-state index in [-0.39, 0.29) is 0 Å². The van der Waals surface area contributed by atoms with E-state index in [2.05, 4.69) is 91.1 Å². The maximum absolute atomic E-state index is 8.74. The Morgan fingerprint density at radius 3 is 2.63 bits per heavy atom. The van der Waals surface area contributed by atoms with Crippen LogP contribution in [0, 0.1) is 29.6 Å². The molecule has 5 heteroatoms. The molecule has 1 fully saturated rings. The van der Waals surface area contributed by atoms with Gasteiger partial charge in [-0.3, -0.25) is 5.10 Å². The van der Waals surface area contributed by atoms with E-state index in [1.165, 1.54) is 22.4 Å². The van der Waals surface area contributed by atoms with Crippen molar-refractivity contribution in [1.29, 1.82) is 5.26 Å². The van der Waals surface area contributed by atoms with Crippen LogP contribution in [0.3, 0.4) is 0 Å². The number of nitrogens with one attached hydrogen (secondary N) is 2. The van der Waals surface area contributed by atoms with Crippen LogP contribution in [0.4, 0.5) is 5.82 Å². The number of aromatic amines is 1. The maximum atomic E-state index is 8.74. The molecule has 2 heterocycles. The number of allylic oxidation sites excluding steroid dienone is 1. The number of anilines is 1. The summed E-state index contributed by atoms with van der Waals surface area (Å²) < 4.78 is 0. The zero-order valence-corrected chi connectivity index (χ0v) is 25.2. The Kier molecular flexibility index (Phi) is 12.5. The third-order valence-electron chi connectivity index (χ3n) is 7.70. The van der Waals surface area contributed by atoms with E-state index in [1.807, 2.05) is 25.1 Å². The van der Waals surface area contributed by atoms with Crippen LogP contribution in [0.1, 0.15) is 80.5 Å². The molecule has 1 aliphatic heterocycles. The summed E-state index contributed by atoms with van der Waals surface area (Å²) >= 11 is 0. The number of nitrogens with zero attached hydrogens (tertiary/aromatic N) is 3. The highest BCUT2D eigenvalue weighted by Crippen LogP contribution is 2.35. The van der Waals surface area contributed by atoms with Crippen molar-refractivity contribution in [3.05, 3.63) is 94.7 Å². The van der Waals surface area contributed by atoms with E-state index in [0.717, 1.165) is 74.2 Å². The van der Waals surface area contributed by atoms with Gasteiger partial charge in [0, 0.05) is 42.9 Å². The standard InChI is InChI=1S/C25H34N4.C11H11N/c1-5-12-23-24(22(8-4)20-13-10-9-11-14-20)25(28-27-23)29-16-15-21(18-29)26-17-19(6-2)7-3;1-3-9-5-6-11(8-12)10(4-2)7-9/h2,8-11,13-14,19,21,26H,5,7,12,15-18H2,1,3-4H3,(H,27,28);3,5-7H,1,4H2,2H3/b22-8-;. The van der Waals surface area contributed by atoms with Crippen LogP contribution in [0.15, 0.2) is 61.2 Å². The van der Waals surface area contributed by atoms with Gasteiger partial charge >= 0.3 is 0 Å².